The molecule has 2 rings (SSSR count). The van der Waals surface area contributed by atoms with Crippen LogP contribution in [0.15, 0.2) is 24.3 Å². The lowest BCUT2D eigenvalue weighted by Gasteiger charge is -2.38. The van der Waals surface area contributed by atoms with Crippen molar-refractivity contribution in [2.24, 2.45) is 5.41 Å². The summed E-state index contributed by atoms with van der Waals surface area (Å²) in [6, 6.07) is 8.89. The summed E-state index contributed by atoms with van der Waals surface area (Å²) in [5, 5.41) is 3.53. The van der Waals surface area contributed by atoms with Crippen molar-refractivity contribution in [1.29, 1.82) is 0 Å². The maximum absolute atomic E-state index is 3.53. The fourth-order valence-corrected chi connectivity index (χ4v) is 3.42. The van der Waals surface area contributed by atoms with E-state index in [2.05, 4.69) is 43.4 Å². The minimum atomic E-state index is 0.615. The Labute approximate surface area is 118 Å². The van der Waals surface area contributed by atoms with Gasteiger partial charge in [-0.05, 0) is 68.7 Å². The van der Waals surface area contributed by atoms with Crippen LogP contribution in [0.25, 0.3) is 0 Å². The van der Waals surface area contributed by atoms with Gasteiger partial charge >= 0.3 is 0 Å². The van der Waals surface area contributed by atoms with Crippen LogP contribution < -0.4 is 5.32 Å². The molecule has 0 spiro atoms. The number of unbranched alkanes of at least 4 members (excludes halogenated alkanes) is 1. The number of hydrogen-bond donors (Lipinski definition) is 1. The van der Waals surface area contributed by atoms with E-state index < -0.39 is 0 Å². The summed E-state index contributed by atoms with van der Waals surface area (Å²) in [6.45, 7) is 7.00. The Bertz CT molecular complexity index is 377. The summed E-state index contributed by atoms with van der Waals surface area (Å²) in [4.78, 5) is 0. The monoisotopic (exact) mass is 259 g/mol. The molecule has 1 heterocycles. The van der Waals surface area contributed by atoms with Crippen molar-refractivity contribution in [2.45, 2.75) is 58.8 Å². The molecule has 0 aromatic heterocycles. The summed E-state index contributed by atoms with van der Waals surface area (Å²) in [5.41, 5.74) is 3.63. The average molecular weight is 259 g/mol. The summed E-state index contributed by atoms with van der Waals surface area (Å²) >= 11 is 0. The van der Waals surface area contributed by atoms with Crippen LogP contribution in [0.3, 0.4) is 0 Å². The van der Waals surface area contributed by atoms with Crippen LogP contribution in [0.4, 0.5) is 0 Å². The second kappa shape index (κ2) is 7.09. The molecule has 1 saturated heterocycles. The number of aryl methyl sites for hydroxylation is 2. The molecule has 1 aliphatic heterocycles. The molecule has 1 N–H and O–H groups in total. The van der Waals surface area contributed by atoms with Gasteiger partial charge in [0.2, 0.25) is 0 Å². The van der Waals surface area contributed by atoms with Gasteiger partial charge < -0.3 is 5.32 Å². The Morgan fingerprint density at radius 1 is 1.11 bits per heavy atom. The summed E-state index contributed by atoms with van der Waals surface area (Å²) in [5.74, 6) is 0. The van der Waals surface area contributed by atoms with Crippen LogP contribution in [0.1, 0.15) is 56.6 Å². The molecular formula is C18H29N. The fraction of sp³-hybridized carbons (Fsp3) is 0.667. The van der Waals surface area contributed by atoms with Crippen LogP contribution in [-0.2, 0) is 6.42 Å². The van der Waals surface area contributed by atoms with Crippen LogP contribution in [0, 0.1) is 12.3 Å². The third-order valence-electron chi connectivity index (χ3n) is 4.91. The van der Waals surface area contributed by atoms with Gasteiger partial charge in [-0.3, -0.25) is 0 Å². The van der Waals surface area contributed by atoms with Crippen LogP contribution in [0.5, 0.6) is 0 Å². The van der Waals surface area contributed by atoms with E-state index in [0.29, 0.717) is 5.41 Å². The lowest BCUT2D eigenvalue weighted by Crippen LogP contribution is -2.37. The standard InChI is InChI=1S/C18H29N/c1-3-4-10-18(12-14-19-15-13-18)11-9-17-8-6-5-7-16(17)2/h5-8,19H,3-4,9-15H2,1-2H3. The predicted octanol–water partition coefficient (Wildman–Crippen LogP) is 4.49. The zero-order valence-electron chi connectivity index (χ0n) is 12.7. The predicted molar refractivity (Wildman–Crippen MR) is 83.6 cm³/mol. The third kappa shape index (κ3) is 4.07. The second-order valence-electron chi connectivity index (χ2n) is 6.28. The molecule has 0 atom stereocenters. The molecule has 0 bridgehead atoms. The molecule has 1 heteroatoms. The van der Waals surface area contributed by atoms with Crippen molar-refractivity contribution in [3.63, 3.8) is 0 Å². The zero-order valence-corrected chi connectivity index (χ0v) is 12.7. The van der Waals surface area contributed by atoms with Gasteiger partial charge in [0.05, 0.1) is 0 Å². The van der Waals surface area contributed by atoms with Gasteiger partial charge in [-0.15, -0.1) is 0 Å². The summed E-state index contributed by atoms with van der Waals surface area (Å²) in [6.07, 6.45) is 9.54. The molecule has 0 unspecified atom stereocenters. The Kier molecular flexibility index (Phi) is 5.45. The van der Waals surface area contributed by atoms with Crippen molar-refractivity contribution in [2.75, 3.05) is 13.1 Å². The van der Waals surface area contributed by atoms with E-state index >= 15 is 0 Å². The highest BCUT2D eigenvalue weighted by Crippen LogP contribution is 2.39. The molecule has 0 saturated carbocycles. The quantitative estimate of drug-likeness (QED) is 0.794. The van der Waals surface area contributed by atoms with Gasteiger partial charge in [-0.25, -0.2) is 0 Å². The van der Waals surface area contributed by atoms with E-state index in [1.165, 1.54) is 63.6 Å². The molecule has 1 nitrogen and oxygen atoms in total. The van der Waals surface area contributed by atoms with E-state index in [9.17, 15) is 0 Å². The van der Waals surface area contributed by atoms with Gasteiger partial charge in [0, 0.05) is 0 Å². The maximum Gasteiger partial charge on any atom is -0.00436 e. The van der Waals surface area contributed by atoms with E-state index in [1.54, 1.807) is 5.56 Å². The number of hydrogen-bond acceptors (Lipinski definition) is 1. The fourth-order valence-electron chi connectivity index (χ4n) is 3.42. The van der Waals surface area contributed by atoms with Crippen LogP contribution >= 0.6 is 0 Å². The number of piperidine rings is 1. The minimum absolute atomic E-state index is 0.615. The van der Waals surface area contributed by atoms with E-state index in [0.717, 1.165) is 0 Å². The summed E-state index contributed by atoms with van der Waals surface area (Å²) < 4.78 is 0. The number of rotatable bonds is 6. The van der Waals surface area contributed by atoms with Crippen molar-refractivity contribution in [3.8, 4) is 0 Å². The Morgan fingerprint density at radius 2 is 1.84 bits per heavy atom. The SMILES string of the molecule is CCCCC1(CCc2ccccc2C)CCNCC1. The molecule has 0 aliphatic carbocycles. The largest absolute Gasteiger partial charge is 0.317 e. The van der Waals surface area contributed by atoms with Gasteiger partial charge in [0.15, 0.2) is 0 Å². The van der Waals surface area contributed by atoms with Gasteiger partial charge in [-0.1, -0.05) is 44.0 Å². The molecule has 0 amide bonds. The molecule has 106 valence electrons. The molecule has 1 aromatic rings. The molecule has 1 fully saturated rings. The molecular weight excluding hydrogens is 230 g/mol. The Morgan fingerprint density at radius 3 is 2.53 bits per heavy atom. The normalized spacial score (nSPS) is 18.4. The van der Waals surface area contributed by atoms with E-state index in [1.807, 2.05) is 0 Å². The molecule has 19 heavy (non-hydrogen) atoms. The van der Waals surface area contributed by atoms with E-state index in [-0.39, 0.29) is 0 Å². The van der Waals surface area contributed by atoms with Crippen LogP contribution in [-0.4, -0.2) is 13.1 Å². The number of nitrogens with one attached hydrogen (secondary N) is 1. The second-order valence-corrected chi connectivity index (χ2v) is 6.28. The first-order valence-electron chi connectivity index (χ1n) is 8.01. The Balaban J connectivity index is 1.98. The van der Waals surface area contributed by atoms with Gasteiger partial charge in [0.1, 0.15) is 0 Å². The molecule has 1 aliphatic rings. The maximum atomic E-state index is 3.53. The van der Waals surface area contributed by atoms with Crippen molar-refractivity contribution in [1.82, 2.24) is 5.32 Å². The minimum Gasteiger partial charge on any atom is -0.317 e. The van der Waals surface area contributed by atoms with Gasteiger partial charge in [0.25, 0.3) is 0 Å². The van der Waals surface area contributed by atoms with Crippen molar-refractivity contribution >= 4 is 0 Å². The van der Waals surface area contributed by atoms with Crippen LogP contribution in [0.2, 0.25) is 0 Å². The highest BCUT2D eigenvalue weighted by molar-refractivity contribution is 5.25. The zero-order chi connectivity index (χ0) is 13.6. The summed E-state index contributed by atoms with van der Waals surface area (Å²) in [7, 11) is 0. The topological polar surface area (TPSA) is 12.0 Å². The lowest BCUT2D eigenvalue weighted by molar-refractivity contribution is 0.164. The highest BCUT2D eigenvalue weighted by Gasteiger charge is 2.30. The van der Waals surface area contributed by atoms with Gasteiger partial charge in [-0.2, -0.15) is 0 Å². The van der Waals surface area contributed by atoms with Crippen molar-refractivity contribution < 1.29 is 0 Å². The van der Waals surface area contributed by atoms with E-state index in [4.69, 9.17) is 0 Å². The third-order valence-corrected chi connectivity index (χ3v) is 4.91. The highest BCUT2D eigenvalue weighted by atomic mass is 14.9. The average Bonchev–Trinajstić information content (AvgIpc) is 2.46. The van der Waals surface area contributed by atoms with Crippen molar-refractivity contribution in [3.05, 3.63) is 35.4 Å². The molecule has 0 radical (unpaired) electrons. The Hall–Kier alpha value is -0.820. The smallest absolute Gasteiger partial charge is 0.00436 e. The first-order chi connectivity index (χ1) is 9.26. The first kappa shape index (κ1) is 14.6. The lowest BCUT2D eigenvalue weighted by atomic mass is 9.71. The number of benzene rings is 1. The first-order valence-corrected chi connectivity index (χ1v) is 8.01. The molecule has 1 aromatic carbocycles.